The number of carboxylic acid groups (broad SMARTS) is 1. The molecule has 134 valence electrons. The van der Waals surface area contributed by atoms with Gasteiger partial charge in [0.2, 0.25) is 11.8 Å². The molecule has 2 N–H and O–H groups in total. The standard InChI is InChI=1S/C18H28N2O4.Na/c21-14-11-18(9-5-2-6-13(18)19-14)20-15(22)10-17(12-16(23)24)7-3-1-4-8-17;/h13H,1-12H2,(H,19,21)(H,20,22)(H,23,24);/q;+1/p-1/t13-,18+;/m0./s1. The predicted octanol–water partition coefficient (Wildman–Crippen LogP) is -2.21. The zero-order valence-electron chi connectivity index (χ0n) is 15.2. The minimum atomic E-state index is -1.07. The zero-order valence-corrected chi connectivity index (χ0v) is 17.2. The van der Waals surface area contributed by atoms with E-state index in [1.54, 1.807) is 0 Å². The van der Waals surface area contributed by atoms with Crippen LogP contribution in [-0.4, -0.2) is 29.4 Å². The summed E-state index contributed by atoms with van der Waals surface area (Å²) in [5.74, 6) is -1.18. The fraction of sp³-hybridized carbons (Fsp3) is 0.833. The maximum Gasteiger partial charge on any atom is 1.00 e. The van der Waals surface area contributed by atoms with Crippen molar-refractivity contribution in [3.8, 4) is 0 Å². The van der Waals surface area contributed by atoms with Crippen LogP contribution in [-0.2, 0) is 14.4 Å². The Morgan fingerprint density at radius 3 is 2.44 bits per heavy atom. The summed E-state index contributed by atoms with van der Waals surface area (Å²) in [6, 6.07) is 0.0196. The molecule has 0 radical (unpaired) electrons. The van der Waals surface area contributed by atoms with Gasteiger partial charge in [-0.15, -0.1) is 0 Å². The number of rotatable bonds is 5. The van der Waals surface area contributed by atoms with E-state index in [0.717, 1.165) is 57.8 Å². The maximum atomic E-state index is 12.7. The quantitative estimate of drug-likeness (QED) is 0.545. The van der Waals surface area contributed by atoms with Crippen molar-refractivity contribution in [2.24, 2.45) is 5.41 Å². The summed E-state index contributed by atoms with van der Waals surface area (Å²) in [5, 5.41) is 17.3. The van der Waals surface area contributed by atoms with Gasteiger partial charge in [-0.25, -0.2) is 0 Å². The average Bonchev–Trinajstić information content (AvgIpc) is 2.82. The first-order chi connectivity index (χ1) is 11.4. The normalized spacial score (nSPS) is 30.6. The molecule has 6 nitrogen and oxygen atoms in total. The van der Waals surface area contributed by atoms with E-state index in [4.69, 9.17) is 0 Å². The van der Waals surface area contributed by atoms with Gasteiger partial charge in [0, 0.05) is 12.4 Å². The molecular weight excluding hydrogens is 331 g/mol. The Labute approximate surface area is 171 Å². The van der Waals surface area contributed by atoms with Crippen LogP contribution in [0.2, 0.25) is 0 Å². The van der Waals surface area contributed by atoms with Gasteiger partial charge in [0.1, 0.15) is 0 Å². The van der Waals surface area contributed by atoms with Crippen molar-refractivity contribution in [2.45, 2.75) is 88.6 Å². The van der Waals surface area contributed by atoms with Crippen LogP contribution in [0.5, 0.6) is 0 Å². The third kappa shape index (κ3) is 4.77. The molecule has 0 unspecified atom stereocenters. The van der Waals surface area contributed by atoms with Gasteiger partial charge in [0.25, 0.3) is 0 Å². The zero-order chi connectivity index (χ0) is 17.2. The Kier molecular flexibility index (Phi) is 6.96. The van der Waals surface area contributed by atoms with Crippen LogP contribution in [0.1, 0.15) is 77.0 Å². The van der Waals surface area contributed by atoms with Gasteiger partial charge in [0.05, 0.1) is 18.0 Å². The molecular formula is C18H27N2NaO4. The molecule has 3 rings (SSSR count). The number of carbonyl (C=O) groups excluding carboxylic acids is 3. The van der Waals surface area contributed by atoms with Crippen LogP contribution >= 0.6 is 0 Å². The number of carboxylic acids is 1. The van der Waals surface area contributed by atoms with E-state index in [2.05, 4.69) is 10.6 Å². The van der Waals surface area contributed by atoms with Crippen molar-refractivity contribution in [3.05, 3.63) is 0 Å². The minimum Gasteiger partial charge on any atom is -0.550 e. The van der Waals surface area contributed by atoms with Gasteiger partial charge in [-0.3, -0.25) is 9.59 Å². The van der Waals surface area contributed by atoms with Crippen molar-refractivity contribution in [1.29, 1.82) is 0 Å². The Bertz CT molecular complexity index is 533. The summed E-state index contributed by atoms with van der Waals surface area (Å²) >= 11 is 0. The largest absolute Gasteiger partial charge is 1.00 e. The van der Waals surface area contributed by atoms with E-state index in [-0.39, 0.29) is 60.3 Å². The molecule has 2 amide bonds. The summed E-state index contributed by atoms with van der Waals surface area (Å²) < 4.78 is 0. The Hall–Kier alpha value is -0.590. The molecule has 0 aromatic heterocycles. The molecule has 2 aliphatic carbocycles. The molecule has 1 aliphatic heterocycles. The number of carbonyl (C=O) groups is 3. The summed E-state index contributed by atoms with van der Waals surface area (Å²) in [5.41, 5.74) is -0.943. The molecule has 25 heavy (non-hydrogen) atoms. The maximum absolute atomic E-state index is 12.7. The van der Waals surface area contributed by atoms with Crippen LogP contribution in [0, 0.1) is 5.41 Å². The molecule has 1 heterocycles. The molecule has 0 bridgehead atoms. The Morgan fingerprint density at radius 1 is 1.08 bits per heavy atom. The molecule has 1 saturated heterocycles. The second-order valence-electron chi connectivity index (χ2n) is 8.03. The molecule has 0 aromatic rings. The van der Waals surface area contributed by atoms with E-state index in [0.29, 0.717) is 6.42 Å². The number of aliphatic carboxylic acids is 1. The number of amides is 2. The molecule has 2 atom stereocenters. The topological polar surface area (TPSA) is 98.3 Å². The molecule has 0 spiro atoms. The minimum absolute atomic E-state index is 0. The summed E-state index contributed by atoms with van der Waals surface area (Å²) in [6.07, 6.45) is 8.88. The first kappa shape index (κ1) is 20.7. The van der Waals surface area contributed by atoms with Crippen molar-refractivity contribution < 1.29 is 49.0 Å². The molecule has 3 fully saturated rings. The molecule has 0 aromatic carbocycles. The van der Waals surface area contributed by atoms with E-state index in [1.807, 2.05) is 0 Å². The van der Waals surface area contributed by atoms with Crippen LogP contribution < -0.4 is 45.3 Å². The van der Waals surface area contributed by atoms with Gasteiger partial charge >= 0.3 is 29.6 Å². The summed E-state index contributed by atoms with van der Waals surface area (Å²) in [7, 11) is 0. The van der Waals surface area contributed by atoms with Gasteiger partial charge < -0.3 is 20.5 Å². The van der Waals surface area contributed by atoms with Crippen molar-refractivity contribution >= 4 is 17.8 Å². The molecule has 7 heteroatoms. The smallest absolute Gasteiger partial charge is 0.550 e. The number of nitrogens with one attached hydrogen (secondary N) is 2. The second-order valence-corrected chi connectivity index (χ2v) is 8.03. The van der Waals surface area contributed by atoms with Crippen molar-refractivity contribution in [2.75, 3.05) is 0 Å². The monoisotopic (exact) mass is 358 g/mol. The number of hydrogen-bond acceptors (Lipinski definition) is 4. The van der Waals surface area contributed by atoms with E-state index < -0.39 is 16.9 Å². The van der Waals surface area contributed by atoms with Gasteiger partial charge in [-0.05, 0) is 37.5 Å². The first-order valence-electron chi connectivity index (χ1n) is 9.23. The van der Waals surface area contributed by atoms with E-state index in [9.17, 15) is 19.5 Å². The van der Waals surface area contributed by atoms with Crippen LogP contribution in [0.25, 0.3) is 0 Å². The molecule has 3 aliphatic rings. The fourth-order valence-electron chi connectivity index (χ4n) is 5.07. The first-order valence-corrected chi connectivity index (χ1v) is 9.23. The second kappa shape index (κ2) is 8.40. The SMILES string of the molecule is O=C([O-])CC1(CC(=O)N[C@@]23CCCC[C@@H]2NC(=O)C3)CCCCC1.[Na+]. The van der Waals surface area contributed by atoms with Crippen LogP contribution in [0.3, 0.4) is 0 Å². The number of fused-ring (bicyclic) bond motifs is 1. The van der Waals surface area contributed by atoms with E-state index >= 15 is 0 Å². The van der Waals surface area contributed by atoms with E-state index in [1.165, 1.54) is 0 Å². The van der Waals surface area contributed by atoms with Crippen LogP contribution in [0.15, 0.2) is 0 Å². The Morgan fingerprint density at radius 2 is 1.76 bits per heavy atom. The average molecular weight is 358 g/mol. The predicted molar refractivity (Wildman–Crippen MR) is 85.6 cm³/mol. The molecule has 2 saturated carbocycles. The van der Waals surface area contributed by atoms with Gasteiger partial charge in [0.15, 0.2) is 0 Å². The Balaban J connectivity index is 0.00000225. The van der Waals surface area contributed by atoms with Gasteiger partial charge in [-0.2, -0.15) is 0 Å². The fourth-order valence-corrected chi connectivity index (χ4v) is 5.07. The third-order valence-electron chi connectivity index (χ3n) is 6.20. The van der Waals surface area contributed by atoms with Crippen LogP contribution in [0.4, 0.5) is 0 Å². The van der Waals surface area contributed by atoms with Gasteiger partial charge in [-0.1, -0.05) is 32.1 Å². The summed E-state index contributed by atoms with van der Waals surface area (Å²) in [4.78, 5) is 35.8. The number of hydrogen-bond donors (Lipinski definition) is 2. The third-order valence-corrected chi connectivity index (χ3v) is 6.20. The summed E-state index contributed by atoms with van der Waals surface area (Å²) in [6.45, 7) is 0. The van der Waals surface area contributed by atoms with Crippen molar-refractivity contribution in [3.63, 3.8) is 0 Å². The van der Waals surface area contributed by atoms with Crippen molar-refractivity contribution in [1.82, 2.24) is 10.6 Å².